The summed E-state index contributed by atoms with van der Waals surface area (Å²) in [6, 6.07) is 15.3. The zero-order valence-corrected chi connectivity index (χ0v) is 14.0. The largest absolute Gasteiger partial charge is 0.497 e. The predicted molar refractivity (Wildman–Crippen MR) is 93.0 cm³/mol. The van der Waals surface area contributed by atoms with E-state index in [0.717, 1.165) is 22.4 Å². The van der Waals surface area contributed by atoms with Crippen molar-refractivity contribution < 1.29 is 19.0 Å². The monoisotopic (exact) mass is 324 g/mol. The molecule has 0 radical (unpaired) electrons. The maximum Gasteiger partial charge on any atom is 0.354 e. The van der Waals surface area contributed by atoms with E-state index in [9.17, 15) is 4.79 Å². The minimum absolute atomic E-state index is 0.309. The summed E-state index contributed by atoms with van der Waals surface area (Å²) in [5.74, 6) is 1.09. The molecule has 1 heterocycles. The normalized spacial score (nSPS) is 20.4. The second-order valence-electron chi connectivity index (χ2n) is 5.68. The molecule has 3 rings (SSSR count). The molecule has 0 unspecified atom stereocenters. The molecule has 124 valence electrons. The molecule has 0 saturated heterocycles. The summed E-state index contributed by atoms with van der Waals surface area (Å²) < 4.78 is 16.4. The van der Waals surface area contributed by atoms with E-state index in [-0.39, 0.29) is 5.97 Å². The fourth-order valence-corrected chi connectivity index (χ4v) is 2.81. The molecule has 1 atom stereocenters. The molecule has 0 amide bonds. The lowest BCUT2D eigenvalue weighted by Gasteiger charge is -2.23. The molecule has 2 aromatic rings. The smallest absolute Gasteiger partial charge is 0.354 e. The van der Waals surface area contributed by atoms with E-state index >= 15 is 0 Å². The number of hydrogen-bond donors (Lipinski definition) is 0. The number of hydrogen-bond acceptors (Lipinski definition) is 4. The molecule has 0 fully saturated rings. The zero-order valence-electron chi connectivity index (χ0n) is 14.0. The van der Waals surface area contributed by atoms with Crippen molar-refractivity contribution in [2.24, 2.45) is 0 Å². The van der Waals surface area contributed by atoms with Gasteiger partial charge >= 0.3 is 5.97 Å². The van der Waals surface area contributed by atoms with Gasteiger partial charge in [-0.3, -0.25) is 0 Å². The van der Waals surface area contributed by atoms with Crippen LogP contribution in [0, 0.1) is 0 Å². The van der Waals surface area contributed by atoms with Crippen molar-refractivity contribution in [3.05, 3.63) is 59.7 Å². The van der Waals surface area contributed by atoms with E-state index in [1.807, 2.05) is 54.6 Å². The first kappa shape index (κ1) is 16.1. The standard InChI is InChI=1S/C20H20O4/c1-4-23-19(21)20(2)17(16-7-5-6-8-18(16)24-20)13-14-9-11-15(22-3)12-10-14/h5-13H,4H2,1-3H3/b17-13-/t20-/m0/s1. The van der Waals surface area contributed by atoms with Gasteiger partial charge in [-0.1, -0.05) is 30.3 Å². The Morgan fingerprint density at radius 3 is 2.54 bits per heavy atom. The average Bonchev–Trinajstić information content (AvgIpc) is 2.89. The Morgan fingerprint density at radius 1 is 1.17 bits per heavy atom. The van der Waals surface area contributed by atoms with Crippen molar-refractivity contribution in [3.8, 4) is 11.5 Å². The van der Waals surface area contributed by atoms with Crippen LogP contribution in [0.25, 0.3) is 11.6 Å². The highest BCUT2D eigenvalue weighted by atomic mass is 16.6. The van der Waals surface area contributed by atoms with Gasteiger partial charge < -0.3 is 14.2 Å². The maximum absolute atomic E-state index is 12.5. The van der Waals surface area contributed by atoms with E-state index in [4.69, 9.17) is 14.2 Å². The van der Waals surface area contributed by atoms with Gasteiger partial charge in [-0.2, -0.15) is 0 Å². The maximum atomic E-state index is 12.5. The fraction of sp³-hybridized carbons (Fsp3) is 0.250. The van der Waals surface area contributed by atoms with Gasteiger partial charge in [0.05, 0.1) is 13.7 Å². The van der Waals surface area contributed by atoms with E-state index in [2.05, 4.69) is 0 Å². The highest BCUT2D eigenvalue weighted by molar-refractivity contribution is 6.04. The van der Waals surface area contributed by atoms with Gasteiger partial charge in [-0.25, -0.2) is 4.79 Å². The molecule has 0 aromatic heterocycles. The third-order valence-electron chi connectivity index (χ3n) is 4.10. The van der Waals surface area contributed by atoms with Crippen LogP contribution < -0.4 is 9.47 Å². The average molecular weight is 324 g/mol. The number of benzene rings is 2. The lowest BCUT2D eigenvalue weighted by Crippen LogP contribution is -2.40. The molecule has 0 spiro atoms. The van der Waals surface area contributed by atoms with E-state index in [1.54, 1.807) is 21.0 Å². The summed E-state index contributed by atoms with van der Waals surface area (Å²) in [5.41, 5.74) is 1.51. The van der Waals surface area contributed by atoms with Gasteiger partial charge in [0.1, 0.15) is 11.5 Å². The molecule has 4 heteroatoms. The first-order valence-corrected chi connectivity index (χ1v) is 7.90. The van der Waals surface area contributed by atoms with Crippen LogP contribution in [-0.2, 0) is 9.53 Å². The summed E-state index contributed by atoms with van der Waals surface area (Å²) >= 11 is 0. The highest BCUT2D eigenvalue weighted by Gasteiger charge is 2.47. The quantitative estimate of drug-likeness (QED) is 0.799. The van der Waals surface area contributed by atoms with Crippen molar-refractivity contribution in [3.63, 3.8) is 0 Å². The molecule has 0 saturated carbocycles. The minimum Gasteiger partial charge on any atom is -0.497 e. The highest BCUT2D eigenvalue weighted by Crippen LogP contribution is 2.45. The predicted octanol–water partition coefficient (Wildman–Crippen LogP) is 3.95. The fourth-order valence-electron chi connectivity index (χ4n) is 2.81. The van der Waals surface area contributed by atoms with Gasteiger partial charge in [-0.15, -0.1) is 0 Å². The van der Waals surface area contributed by atoms with Gasteiger partial charge in [-0.05, 0) is 43.7 Å². The molecule has 4 nitrogen and oxygen atoms in total. The summed E-state index contributed by atoms with van der Waals surface area (Å²) in [5, 5.41) is 0. The second kappa shape index (κ2) is 6.40. The number of ether oxygens (including phenoxy) is 3. The topological polar surface area (TPSA) is 44.8 Å². The first-order valence-electron chi connectivity index (χ1n) is 7.90. The Morgan fingerprint density at radius 2 is 1.88 bits per heavy atom. The summed E-state index contributed by atoms with van der Waals surface area (Å²) in [6.07, 6.45) is 1.96. The molecule has 0 bridgehead atoms. The van der Waals surface area contributed by atoms with Crippen molar-refractivity contribution >= 4 is 17.6 Å². The number of methoxy groups -OCH3 is 1. The number of rotatable bonds is 4. The molecule has 1 aliphatic rings. The van der Waals surface area contributed by atoms with Crippen LogP contribution in [0.5, 0.6) is 11.5 Å². The molecule has 0 aliphatic carbocycles. The van der Waals surface area contributed by atoms with Crippen molar-refractivity contribution in [2.75, 3.05) is 13.7 Å². The summed E-state index contributed by atoms with van der Waals surface area (Å²) in [4.78, 5) is 12.5. The Bertz CT molecular complexity index is 776. The van der Waals surface area contributed by atoms with Gasteiger partial charge in [0.2, 0.25) is 5.60 Å². The van der Waals surface area contributed by atoms with Gasteiger partial charge in [0, 0.05) is 11.1 Å². The summed E-state index contributed by atoms with van der Waals surface area (Å²) in [6.45, 7) is 3.85. The third kappa shape index (κ3) is 2.75. The van der Waals surface area contributed by atoms with Crippen molar-refractivity contribution in [2.45, 2.75) is 19.4 Å². The molecule has 24 heavy (non-hydrogen) atoms. The molecule has 1 aliphatic heterocycles. The minimum atomic E-state index is -1.15. The molecule has 2 aromatic carbocycles. The van der Waals surface area contributed by atoms with Crippen molar-refractivity contribution in [1.82, 2.24) is 0 Å². The van der Waals surface area contributed by atoms with Crippen LogP contribution in [0.2, 0.25) is 0 Å². The van der Waals surface area contributed by atoms with Gasteiger partial charge in [0.25, 0.3) is 0 Å². The second-order valence-corrected chi connectivity index (χ2v) is 5.68. The lowest BCUT2D eigenvalue weighted by molar-refractivity contribution is -0.154. The van der Waals surface area contributed by atoms with Crippen LogP contribution in [-0.4, -0.2) is 25.3 Å². The summed E-state index contributed by atoms with van der Waals surface area (Å²) in [7, 11) is 1.63. The van der Waals surface area contributed by atoms with Crippen LogP contribution in [0.1, 0.15) is 25.0 Å². The number of para-hydroxylation sites is 1. The lowest BCUT2D eigenvalue weighted by atomic mass is 9.90. The van der Waals surface area contributed by atoms with E-state index < -0.39 is 5.60 Å². The molecular formula is C20H20O4. The third-order valence-corrected chi connectivity index (χ3v) is 4.10. The van der Waals surface area contributed by atoms with E-state index in [1.165, 1.54) is 0 Å². The molecular weight excluding hydrogens is 304 g/mol. The molecule has 0 N–H and O–H groups in total. The van der Waals surface area contributed by atoms with Gasteiger partial charge in [0.15, 0.2) is 0 Å². The van der Waals surface area contributed by atoms with E-state index in [0.29, 0.717) is 12.4 Å². The number of carbonyl (C=O) groups is 1. The number of esters is 1. The van der Waals surface area contributed by atoms with Crippen LogP contribution in [0.3, 0.4) is 0 Å². The Labute approximate surface area is 141 Å². The van der Waals surface area contributed by atoms with Crippen LogP contribution in [0.4, 0.5) is 0 Å². The first-order chi connectivity index (χ1) is 11.6. The van der Waals surface area contributed by atoms with Crippen LogP contribution in [0.15, 0.2) is 48.5 Å². The Balaban J connectivity index is 2.08. The van der Waals surface area contributed by atoms with Crippen LogP contribution >= 0.6 is 0 Å². The zero-order chi connectivity index (χ0) is 17.2. The SMILES string of the molecule is CCOC(=O)[C@@]1(C)Oc2ccccc2/C1=C/c1ccc(OC)cc1. The van der Waals surface area contributed by atoms with Crippen molar-refractivity contribution in [1.29, 1.82) is 0 Å². The number of fused-ring (bicyclic) bond motifs is 1. The Hall–Kier alpha value is -2.75. The number of carbonyl (C=O) groups excluding carboxylic acids is 1. The Kier molecular flexibility index (Phi) is 4.30.